The summed E-state index contributed by atoms with van der Waals surface area (Å²) in [6, 6.07) is 17.4. The largest absolute Gasteiger partial charge is 0.497 e. The average molecular weight is 441 g/mol. The number of methoxy groups -OCH3 is 1. The molecule has 0 radical (unpaired) electrons. The first-order valence-electron chi connectivity index (χ1n) is 11.4. The van der Waals surface area contributed by atoms with E-state index >= 15 is 0 Å². The quantitative estimate of drug-likeness (QED) is 0.422. The summed E-state index contributed by atoms with van der Waals surface area (Å²) in [5.74, 6) is 1.77. The molecule has 0 amide bonds. The second-order valence-corrected chi connectivity index (χ2v) is 8.72. The summed E-state index contributed by atoms with van der Waals surface area (Å²) >= 11 is 0. The van der Waals surface area contributed by atoms with Crippen molar-refractivity contribution in [3.05, 3.63) is 84.2 Å². The van der Waals surface area contributed by atoms with Gasteiger partial charge in [0.25, 0.3) is 0 Å². The lowest BCUT2D eigenvalue weighted by Crippen LogP contribution is -2.28. The number of fused-ring (bicyclic) bond motifs is 2. The number of anilines is 1. The van der Waals surface area contributed by atoms with E-state index < -0.39 is 0 Å². The van der Waals surface area contributed by atoms with Crippen molar-refractivity contribution in [3.63, 3.8) is 0 Å². The van der Waals surface area contributed by atoms with Gasteiger partial charge in [0.1, 0.15) is 17.4 Å². The number of aryl methyl sites for hydroxylation is 1. The van der Waals surface area contributed by atoms with Gasteiger partial charge in [0, 0.05) is 48.7 Å². The van der Waals surface area contributed by atoms with Crippen molar-refractivity contribution in [2.24, 2.45) is 0 Å². The van der Waals surface area contributed by atoms with Gasteiger partial charge >= 0.3 is 0 Å². The molecule has 0 spiro atoms. The zero-order valence-corrected chi connectivity index (χ0v) is 18.5. The third kappa shape index (κ3) is 3.46. The van der Waals surface area contributed by atoms with E-state index in [-0.39, 0.29) is 5.82 Å². The highest BCUT2D eigenvalue weighted by atomic mass is 19.1. The monoisotopic (exact) mass is 440 g/mol. The summed E-state index contributed by atoms with van der Waals surface area (Å²) in [6.07, 6.45) is 6.67. The summed E-state index contributed by atoms with van der Waals surface area (Å²) < 4.78 is 21.4. The number of nitrogens with zero attached hydrogens (tertiary/aromatic N) is 4. The maximum absolute atomic E-state index is 13.6. The highest BCUT2D eigenvalue weighted by molar-refractivity contribution is 5.79. The van der Waals surface area contributed by atoms with Crippen molar-refractivity contribution in [1.29, 1.82) is 0 Å². The van der Waals surface area contributed by atoms with Crippen LogP contribution in [0.15, 0.2) is 67.0 Å². The van der Waals surface area contributed by atoms with Crippen LogP contribution < -0.4 is 9.64 Å². The molecule has 4 heterocycles. The first-order valence-corrected chi connectivity index (χ1v) is 11.4. The molecule has 2 aliphatic heterocycles. The first-order chi connectivity index (χ1) is 16.2. The maximum Gasteiger partial charge on any atom is 0.123 e. The van der Waals surface area contributed by atoms with Crippen molar-refractivity contribution >= 4 is 5.69 Å². The Hall–Kier alpha value is -3.67. The van der Waals surface area contributed by atoms with Crippen LogP contribution in [0.25, 0.3) is 22.5 Å². The molecule has 6 rings (SSSR count). The second-order valence-electron chi connectivity index (χ2n) is 8.72. The molecule has 5 nitrogen and oxygen atoms in total. The fraction of sp³-hybridized carbons (Fsp3) is 0.259. The zero-order chi connectivity index (χ0) is 22.4. The molecular weight excluding hydrogens is 415 g/mol. The second kappa shape index (κ2) is 8.03. The SMILES string of the molecule is COc1ccc2c(c1)CCN2CC1CCc2nc(-c3ccc(F)cc3)c(-c3ccncc3)n21. The molecule has 6 heteroatoms. The summed E-state index contributed by atoms with van der Waals surface area (Å²) in [5.41, 5.74) is 6.67. The molecule has 0 saturated heterocycles. The van der Waals surface area contributed by atoms with Crippen LogP contribution in [0.3, 0.4) is 0 Å². The van der Waals surface area contributed by atoms with Crippen molar-refractivity contribution in [2.45, 2.75) is 25.3 Å². The molecule has 33 heavy (non-hydrogen) atoms. The Morgan fingerprint density at radius 3 is 2.61 bits per heavy atom. The van der Waals surface area contributed by atoms with Gasteiger partial charge in [0.2, 0.25) is 0 Å². The Morgan fingerprint density at radius 1 is 1.00 bits per heavy atom. The molecular formula is C27H25FN4O. The zero-order valence-electron chi connectivity index (χ0n) is 18.5. The predicted molar refractivity (Wildman–Crippen MR) is 127 cm³/mol. The fourth-order valence-corrected chi connectivity index (χ4v) is 5.26. The van der Waals surface area contributed by atoms with Gasteiger partial charge in [-0.15, -0.1) is 0 Å². The van der Waals surface area contributed by atoms with E-state index in [9.17, 15) is 4.39 Å². The van der Waals surface area contributed by atoms with Crippen LogP contribution in [0.1, 0.15) is 23.9 Å². The minimum Gasteiger partial charge on any atom is -0.497 e. The van der Waals surface area contributed by atoms with Gasteiger partial charge in [-0.1, -0.05) is 0 Å². The van der Waals surface area contributed by atoms with Gasteiger partial charge in [-0.2, -0.15) is 0 Å². The van der Waals surface area contributed by atoms with Crippen LogP contribution in [-0.2, 0) is 12.8 Å². The lowest BCUT2D eigenvalue weighted by atomic mass is 10.0. The maximum atomic E-state index is 13.6. The smallest absolute Gasteiger partial charge is 0.123 e. The normalized spacial score (nSPS) is 16.7. The van der Waals surface area contributed by atoms with E-state index in [0.29, 0.717) is 6.04 Å². The number of ether oxygens (including phenoxy) is 1. The van der Waals surface area contributed by atoms with E-state index in [2.05, 4.69) is 26.6 Å². The van der Waals surface area contributed by atoms with Crippen molar-refractivity contribution in [2.75, 3.05) is 25.1 Å². The Kier molecular flexibility index (Phi) is 4.86. The summed E-state index contributed by atoms with van der Waals surface area (Å²) in [5, 5.41) is 0. The van der Waals surface area contributed by atoms with Gasteiger partial charge in [-0.3, -0.25) is 4.98 Å². The van der Waals surface area contributed by atoms with Crippen LogP contribution in [0.2, 0.25) is 0 Å². The molecule has 4 aromatic rings. The van der Waals surface area contributed by atoms with Crippen LogP contribution in [0.4, 0.5) is 10.1 Å². The molecule has 1 atom stereocenters. The van der Waals surface area contributed by atoms with Crippen LogP contribution in [-0.4, -0.2) is 34.7 Å². The fourth-order valence-electron chi connectivity index (χ4n) is 5.26. The highest BCUT2D eigenvalue weighted by Gasteiger charge is 2.32. The topological polar surface area (TPSA) is 43.2 Å². The average Bonchev–Trinajstić information content (AvgIpc) is 3.54. The molecule has 2 aromatic heterocycles. The Bertz CT molecular complexity index is 1300. The molecule has 2 aliphatic rings. The number of imidazole rings is 1. The molecule has 0 N–H and O–H groups in total. The number of aromatic nitrogens is 3. The number of rotatable bonds is 5. The first kappa shape index (κ1) is 20.0. The Labute approximate surface area is 192 Å². The van der Waals surface area contributed by atoms with E-state index in [1.165, 1.54) is 23.4 Å². The Morgan fingerprint density at radius 2 is 1.82 bits per heavy atom. The van der Waals surface area contributed by atoms with E-state index in [4.69, 9.17) is 9.72 Å². The summed E-state index contributed by atoms with van der Waals surface area (Å²) in [7, 11) is 1.72. The molecule has 1 unspecified atom stereocenters. The Balaban J connectivity index is 1.40. The lowest BCUT2D eigenvalue weighted by molar-refractivity contribution is 0.414. The minimum absolute atomic E-state index is 0.238. The van der Waals surface area contributed by atoms with Crippen molar-refractivity contribution in [3.8, 4) is 28.3 Å². The van der Waals surface area contributed by atoms with E-state index in [1.807, 2.05) is 42.7 Å². The number of halogens is 1. The lowest BCUT2D eigenvalue weighted by Gasteiger charge is -2.26. The highest BCUT2D eigenvalue weighted by Crippen LogP contribution is 2.41. The van der Waals surface area contributed by atoms with Crippen LogP contribution >= 0.6 is 0 Å². The number of hydrogen-bond donors (Lipinski definition) is 0. The van der Waals surface area contributed by atoms with Crippen molar-refractivity contribution in [1.82, 2.24) is 14.5 Å². The predicted octanol–water partition coefficient (Wildman–Crippen LogP) is 5.31. The third-order valence-electron chi connectivity index (χ3n) is 6.83. The van der Waals surface area contributed by atoms with Gasteiger partial charge in [0.05, 0.1) is 24.5 Å². The van der Waals surface area contributed by atoms with E-state index in [0.717, 1.165) is 66.4 Å². The number of pyridine rings is 1. The summed E-state index contributed by atoms with van der Waals surface area (Å²) in [4.78, 5) is 11.7. The standard InChI is InChI=1S/C27H25FN4O/c1-33-23-7-8-24-20(16-23)12-15-31(24)17-22-6-9-25-30-26(18-2-4-21(28)5-3-18)27(32(22)25)19-10-13-29-14-11-19/h2-5,7-8,10-11,13-14,16,22H,6,9,12,15,17H2,1H3. The van der Waals surface area contributed by atoms with Gasteiger partial charge < -0.3 is 14.2 Å². The molecule has 0 saturated carbocycles. The van der Waals surface area contributed by atoms with E-state index in [1.54, 1.807) is 7.11 Å². The van der Waals surface area contributed by atoms with Gasteiger partial charge in [0.15, 0.2) is 0 Å². The van der Waals surface area contributed by atoms with Gasteiger partial charge in [-0.05, 0) is 73.0 Å². The molecule has 0 aliphatic carbocycles. The third-order valence-corrected chi connectivity index (χ3v) is 6.83. The van der Waals surface area contributed by atoms with Crippen LogP contribution in [0, 0.1) is 5.82 Å². The van der Waals surface area contributed by atoms with Crippen LogP contribution in [0.5, 0.6) is 5.75 Å². The number of benzene rings is 2. The molecule has 166 valence electrons. The minimum atomic E-state index is -0.238. The summed E-state index contributed by atoms with van der Waals surface area (Å²) in [6.45, 7) is 1.95. The molecule has 0 fully saturated rings. The molecule has 0 bridgehead atoms. The molecule has 2 aromatic carbocycles. The van der Waals surface area contributed by atoms with Crippen molar-refractivity contribution < 1.29 is 9.13 Å². The van der Waals surface area contributed by atoms with Gasteiger partial charge in [-0.25, -0.2) is 9.37 Å². The number of hydrogen-bond acceptors (Lipinski definition) is 4.